The van der Waals surface area contributed by atoms with Crippen molar-refractivity contribution in [3.63, 3.8) is 0 Å². The lowest BCUT2D eigenvalue weighted by molar-refractivity contribution is -0.133. The molecule has 2 aromatic rings. The van der Waals surface area contributed by atoms with Crippen molar-refractivity contribution >= 4 is 32.5 Å². The molecule has 0 saturated carbocycles. The highest BCUT2D eigenvalue weighted by molar-refractivity contribution is 7.91. The normalized spacial score (nSPS) is 30.8. The van der Waals surface area contributed by atoms with Crippen molar-refractivity contribution in [3.05, 3.63) is 48.0 Å². The number of imide groups is 1. The van der Waals surface area contributed by atoms with Gasteiger partial charge in [-0.2, -0.15) is 0 Å². The molecule has 0 radical (unpaired) electrons. The Bertz CT molecular complexity index is 1030. The second-order valence-corrected chi connectivity index (χ2v) is 9.12. The molecule has 3 amide bonds. The highest BCUT2D eigenvalue weighted by Gasteiger charge is 2.55. The molecule has 136 valence electrons. The Morgan fingerprint density at radius 1 is 1.12 bits per heavy atom. The van der Waals surface area contributed by atoms with E-state index in [1.807, 2.05) is 30.3 Å². The average molecular weight is 374 g/mol. The van der Waals surface area contributed by atoms with E-state index >= 15 is 0 Å². The highest BCUT2D eigenvalue weighted by Crippen LogP contribution is 2.36. The summed E-state index contributed by atoms with van der Waals surface area (Å²) in [6.45, 7) is 1.60. The van der Waals surface area contributed by atoms with Gasteiger partial charge in [-0.05, 0) is 23.3 Å². The fourth-order valence-corrected chi connectivity index (χ4v) is 5.63. The van der Waals surface area contributed by atoms with Gasteiger partial charge in [0.15, 0.2) is 9.84 Å². The van der Waals surface area contributed by atoms with E-state index in [4.69, 9.17) is 0 Å². The SMILES string of the molecule is C[C@]1(c2cccc3ccccc23)NC(=O)N([C@H]2CS(=O)(=O)C[C@@H]2O)C1=O. The van der Waals surface area contributed by atoms with Crippen molar-refractivity contribution in [3.8, 4) is 0 Å². The second-order valence-electron chi connectivity index (χ2n) is 6.97. The molecule has 0 aromatic heterocycles. The van der Waals surface area contributed by atoms with Crippen LogP contribution >= 0.6 is 0 Å². The average Bonchev–Trinajstić information content (AvgIpc) is 2.98. The third-order valence-corrected chi connectivity index (χ3v) is 6.87. The van der Waals surface area contributed by atoms with Crippen LogP contribution < -0.4 is 5.32 Å². The number of nitrogens with one attached hydrogen (secondary N) is 1. The first-order chi connectivity index (χ1) is 12.2. The smallest absolute Gasteiger partial charge is 0.325 e. The molecular weight excluding hydrogens is 356 g/mol. The minimum atomic E-state index is -3.49. The fourth-order valence-electron chi connectivity index (χ4n) is 3.86. The first-order valence-electron chi connectivity index (χ1n) is 8.25. The second kappa shape index (κ2) is 5.52. The Morgan fingerprint density at radius 3 is 2.50 bits per heavy atom. The van der Waals surface area contributed by atoms with Gasteiger partial charge in [0.05, 0.1) is 23.7 Å². The number of hydrogen-bond donors (Lipinski definition) is 2. The Balaban J connectivity index is 1.79. The molecule has 2 aromatic carbocycles. The predicted molar refractivity (Wildman–Crippen MR) is 95.1 cm³/mol. The highest BCUT2D eigenvalue weighted by atomic mass is 32.2. The van der Waals surface area contributed by atoms with Gasteiger partial charge in [-0.1, -0.05) is 42.5 Å². The van der Waals surface area contributed by atoms with E-state index in [0.717, 1.165) is 15.7 Å². The van der Waals surface area contributed by atoms with E-state index in [9.17, 15) is 23.1 Å². The minimum absolute atomic E-state index is 0.418. The molecule has 2 N–H and O–H groups in total. The molecule has 0 unspecified atom stereocenters. The zero-order valence-electron chi connectivity index (χ0n) is 14.0. The summed E-state index contributed by atoms with van der Waals surface area (Å²) < 4.78 is 23.6. The molecule has 0 aliphatic carbocycles. The Labute approximate surface area is 150 Å². The number of aliphatic hydroxyl groups is 1. The summed E-state index contributed by atoms with van der Waals surface area (Å²) in [6.07, 6.45) is -1.27. The van der Waals surface area contributed by atoms with Crippen molar-refractivity contribution in [2.75, 3.05) is 11.5 Å². The summed E-state index contributed by atoms with van der Waals surface area (Å²) in [5.74, 6) is -1.42. The van der Waals surface area contributed by atoms with Crippen LogP contribution in [0.5, 0.6) is 0 Å². The number of aliphatic hydroxyl groups excluding tert-OH is 1. The fraction of sp³-hybridized carbons (Fsp3) is 0.333. The lowest BCUT2D eigenvalue weighted by Gasteiger charge is -2.26. The first kappa shape index (κ1) is 17.0. The topological polar surface area (TPSA) is 104 Å². The van der Waals surface area contributed by atoms with E-state index in [1.165, 1.54) is 0 Å². The molecule has 2 fully saturated rings. The van der Waals surface area contributed by atoms with E-state index in [0.29, 0.717) is 5.56 Å². The number of amides is 3. The van der Waals surface area contributed by atoms with Crippen LogP contribution in [-0.2, 0) is 20.2 Å². The molecule has 4 rings (SSSR count). The van der Waals surface area contributed by atoms with Gasteiger partial charge in [0.25, 0.3) is 5.91 Å². The zero-order chi connectivity index (χ0) is 18.7. The summed E-state index contributed by atoms with van der Waals surface area (Å²) in [7, 11) is -3.49. The van der Waals surface area contributed by atoms with Gasteiger partial charge in [0.1, 0.15) is 5.54 Å². The summed E-state index contributed by atoms with van der Waals surface area (Å²) in [5.41, 5.74) is -0.698. The van der Waals surface area contributed by atoms with Gasteiger partial charge in [0, 0.05) is 0 Å². The van der Waals surface area contributed by atoms with E-state index in [2.05, 4.69) is 5.32 Å². The molecule has 8 heteroatoms. The van der Waals surface area contributed by atoms with Crippen LogP contribution in [0.25, 0.3) is 10.8 Å². The molecule has 7 nitrogen and oxygen atoms in total. The van der Waals surface area contributed by atoms with Gasteiger partial charge in [-0.15, -0.1) is 0 Å². The van der Waals surface area contributed by atoms with Crippen molar-refractivity contribution in [2.24, 2.45) is 0 Å². The van der Waals surface area contributed by atoms with Crippen LogP contribution in [-0.4, -0.2) is 54.0 Å². The molecule has 0 bridgehead atoms. The molecule has 26 heavy (non-hydrogen) atoms. The standard InChI is InChI=1S/C18H18N2O5S/c1-18(13-8-4-6-11-5-2-3-7-12(11)13)16(22)20(17(23)19-18)14-9-26(24,25)10-15(14)21/h2-8,14-15,21H,9-10H2,1H3,(H,19,23)/t14-,15-,18+/m0/s1. The largest absolute Gasteiger partial charge is 0.390 e. The quantitative estimate of drug-likeness (QED) is 0.756. The third-order valence-electron chi connectivity index (χ3n) is 5.18. The first-order valence-corrected chi connectivity index (χ1v) is 10.1. The predicted octanol–water partition coefficient (Wildman–Crippen LogP) is 0.765. The summed E-state index contributed by atoms with van der Waals surface area (Å²) in [4.78, 5) is 26.6. The molecule has 0 spiro atoms. The minimum Gasteiger partial charge on any atom is -0.390 e. The van der Waals surface area contributed by atoms with E-state index < -0.39 is 51.0 Å². The molecular formula is C18H18N2O5S. The van der Waals surface area contributed by atoms with Crippen LogP contribution in [0.1, 0.15) is 12.5 Å². The number of carbonyl (C=O) groups excluding carboxylic acids is 2. The van der Waals surface area contributed by atoms with Crippen molar-refractivity contribution in [2.45, 2.75) is 24.6 Å². The zero-order valence-corrected chi connectivity index (χ0v) is 14.9. The Kier molecular flexibility index (Phi) is 3.61. The third kappa shape index (κ3) is 2.40. The van der Waals surface area contributed by atoms with Crippen LogP contribution in [0, 0.1) is 0 Å². The molecule has 2 heterocycles. The monoisotopic (exact) mass is 374 g/mol. The van der Waals surface area contributed by atoms with Crippen molar-refractivity contribution < 1.29 is 23.1 Å². The van der Waals surface area contributed by atoms with Gasteiger partial charge in [-0.3, -0.25) is 9.69 Å². The number of hydrogen-bond acceptors (Lipinski definition) is 5. The van der Waals surface area contributed by atoms with Crippen molar-refractivity contribution in [1.82, 2.24) is 10.2 Å². The molecule has 2 aliphatic rings. The molecule has 3 atom stereocenters. The number of carbonyl (C=O) groups is 2. The van der Waals surface area contributed by atoms with Gasteiger partial charge >= 0.3 is 6.03 Å². The number of sulfone groups is 1. The van der Waals surface area contributed by atoms with Crippen LogP contribution in [0.2, 0.25) is 0 Å². The van der Waals surface area contributed by atoms with Gasteiger partial charge < -0.3 is 10.4 Å². The van der Waals surface area contributed by atoms with Crippen LogP contribution in [0.3, 0.4) is 0 Å². The summed E-state index contributed by atoms with van der Waals surface area (Å²) >= 11 is 0. The lowest BCUT2D eigenvalue weighted by Crippen LogP contribution is -2.48. The van der Waals surface area contributed by atoms with E-state index in [1.54, 1.807) is 19.1 Å². The van der Waals surface area contributed by atoms with Crippen molar-refractivity contribution in [1.29, 1.82) is 0 Å². The van der Waals surface area contributed by atoms with Crippen LogP contribution in [0.15, 0.2) is 42.5 Å². The Hall–Kier alpha value is -2.45. The van der Waals surface area contributed by atoms with Gasteiger partial charge in [-0.25, -0.2) is 13.2 Å². The van der Waals surface area contributed by atoms with E-state index in [-0.39, 0.29) is 0 Å². The number of nitrogens with zero attached hydrogens (tertiary/aromatic N) is 1. The number of benzene rings is 2. The van der Waals surface area contributed by atoms with Gasteiger partial charge in [0.2, 0.25) is 0 Å². The maximum atomic E-state index is 13.2. The van der Waals surface area contributed by atoms with Crippen LogP contribution in [0.4, 0.5) is 4.79 Å². The maximum absolute atomic E-state index is 13.2. The Morgan fingerprint density at radius 2 is 1.81 bits per heavy atom. The lowest BCUT2D eigenvalue weighted by atomic mass is 9.87. The molecule has 2 aliphatic heterocycles. The number of rotatable bonds is 2. The number of urea groups is 1. The molecule has 2 saturated heterocycles. The summed E-state index contributed by atoms with van der Waals surface area (Å²) in [6, 6.07) is 11.2. The maximum Gasteiger partial charge on any atom is 0.325 e. The number of fused-ring (bicyclic) bond motifs is 1. The summed E-state index contributed by atoms with van der Waals surface area (Å²) in [5, 5.41) is 14.5.